The molecule has 1 amide bonds. The first kappa shape index (κ1) is 15.6. The van der Waals surface area contributed by atoms with E-state index in [1.165, 1.54) is 6.92 Å². The summed E-state index contributed by atoms with van der Waals surface area (Å²) in [4.78, 5) is 25.8. The summed E-state index contributed by atoms with van der Waals surface area (Å²) in [7, 11) is 1.79. The first-order valence-corrected chi connectivity index (χ1v) is 8.26. The number of hydrogen-bond donors (Lipinski definition) is 1. The van der Waals surface area contributed by atoms with Crippen LogP contribution in [0.3, 0.4) is 0 Å². The van der Waals surface area contributed by atoms with Crippen LogP contribution in [0.15, 0.2) is 35.1 Å². The number of amides is 1. The van der Waals surface area contributed by atoms with Crippen molar-refractivity contribution in [1.29, 1.82) is 0 Å². The first-order valence-electron chi connectivity index (χ1n) is 7.44. The van der Waals surface area contributed by atoms with E-state index in [1.54, 1.807) is 27.5 Å². The van der Waals surface area contributed by atoms with Crippen LogP contribution in [0.5, 0.6) is 0 Å². The second-order valence-electron chi connectivity index (χ2n) is 5.65. The molecule has 6 heteroatoms. The van der Waals surface area contributed by atoms with E-state index >= 15 is 0 Å². The molecule has 23 heavy (non-hydrogen) atoms. The van der Waals surface area contributed by atoms with E-state index in [0.717, 1.165) is 26.4 Å². The van der Waals surface area contributed by atoms with Gasteiger partial charge in [0.2, 0.25) is 5.91 Å². The van der Waals surface area contributed by atoms with Gasteiger partial charge in [-0.15, -0.1) is 11.3 Å². The first-order chi connectivity index (χ1) is 11.0. The number of imidazole rings is 1. The third-order valence-corrected chi connectivity index (χ3v) is 5.16. The molecule has 0 radical (unpaired) electrons. The van der Waals surface area contributed by atoms with Gasteiger partial charge in [-0.2, -0.15) is 0 Å². The van der Waals surface area contributed by atoms with Crippen LogP contribution in [0.25, 0.3) is 11.0 Å². The van der Waals surface area contributed by atoms with E-state index in [1.807, 2.05) is 31.2 Å². The molecule has 3 rings (SSSR count). The zero-order valence-corrected chi connectivity index (χ0v) is 14.2. The average Bonchev–Trinajstić information content (AvgIpc) is 2.99. The van der Waals surface area contributed by atoms with Crippen molar-refractivity contribution in [3.8, 4) is 0 Å². The molecule has 0 atom stereocenters. The predicted molar refractivity (Wildman–Crippen MR) is 92.9 cm³/mol. The van der Waals surface area contributed by atoms with Gasteiger partial charge in [-0.25, -0.2) is 4.79 Å². The molecule has 1 aromatic carbocycles. The molecule has 0 bridgehead atoms. The highest BCUT2D eigenvalue weighted by Gasteiger charge is 2.12. The molecule has 0 fully saturated rings. The Morgan fingerprint density at radius 2 is 1.96 bits per heavy atom. The van der Waals surface area contributed by atoms with Crippen LogP contribution in [0.2, 0.25) is 0 Å². The van der Waals surface area contributed by atoms with E-state index in [2.05, 4.69) is 11.4 Å². The maximum atomic E-state index is 12.5. The Morgan fingerprint density at radius 1 is 1.26 bits per heavy atom. The van der Waals surface area contributed by atoms with Gasteiger partial charge in [-0.3, -0.25) is 13.9 Å². The Morgan fingerprint density at radius 3 is 2.65 bits per heavy atom. The highest BCUT2D eigenvalue weighted by Crippen LogP contribution is 2.23. The van der Waals surface area contributed by atoms with E-state index in [9.17, 15) is 9.59 Å². The SMILES string of the molecule is CC(=O)NCc1sc(Cn2c(=O)n(C)c3ccccc32)cc1C. The number of hydrogen-bond acceptors (Lipinski definition) is 3. The van der Waals surface area contributed by atoms with Crippen molar-refractivity contribution < 1.29 is 4.79 Å². The molecular formula is C17H19N3O2S. The lowest BCUT2D eigenvalue weighted by Crippen LogP contribution is -2.22. The summed E-state index contributed by atoms with van der Waals surface area (Å²) in [6.07, 6.45) is 0. The number of aromatic nitrogens is 2. The Kier molecular flexibility index (Phi) is 4.09. The standard InChI is InChI=1S/C17H19N3O2S/c1-11-8-13(23-16(11)9-18-12(2)21)10-20-15-7-5-4-6-14(15)19(3)17(20)22/h4-8H,9-10H2,1-3H3,(H,18,21). The number of carbonyl (C=O) groups is 1. The van der Waals surface area contributed by atoms with Crippen molar-refractivity contribution in [1.82, 2.24) is 14.5 Å². The second-order valence-corrected chi connectivity index (χ2v) is 6.87. The van der Waals surface area contributed by atoms with Crippen molar-refractivity contribution in [2.75, 3.05) is 0 Å². The van der Waals surface area contributed by atoms with Crippen LogP contribution in [-0.4, -0.2) is 15.0 Å². The lowest BCUT2D eigenvalue weighted by atomic mass is 10.2. The Bertz CT molecular complexity index is 933. The average molecular weight is 329 g/mol. The third-order valence-electron chi connectivity index (χ3n) is 3.94. The summed E-state index contributed by atoms with van der Waals surface area (Å²) in [6.45, 7) is 4.63. The molecule has 0 spiro atoms. The van der Waals surface area contributed by atoms with Crippen molar-refractivity contribution in [2.24, 2.45) is 7.05 Å². The van der Waals surface area contributed by atoms with Gasteiger partial charge in [0.25, 0.3) is 0 Å². The predicted octanol–water partition coefficient (Wildman–Crippen LogP) is 2.39. The van der Waals surface area contributed by atoms with E-state index in [4.69, 9.17) is 0 Å². The zero-order valence-electron chi connectivity index (χ0n) is 13.4. The van der Waals surface area contributed by atoms with E-state index in [0.29, 0.717) is 13.1 Å². The van der Waals surface area contributed by atoms with Gasteiger partial charge in [-0.1, -0.05) is 12.1 Å². The molecule has 0 aliphatic rings. The fraction of sp³-hybridized carbons (Fsp3) is 0.294. The molecular weight excluding hydrogens is 310 g/mol. The quantitative estimate of drug-likeness (QED) is 0.799. The second kappa shape index (κ2) is 6.04. The number of fused-ring (bicyclic) bond motifs is 1. The summed E-state index contributed by atoms with van der Waals surface area (Å²) in [5.74, 6) is -0.0374. The van der Waals surface area contributed by atoms with Crippen LogP contribution in [0.4, 0.5) is 0 Å². The largest absolute Gasteiger partial charge is 0.351 e. The van der Waals surface area contributed by atoms with Gasteiger partial charge in [0, 0.05) is 23.7 Å². The normalized spacial score (nSPS) is 11.1. The minimum Gasteiger partial charge on any atom is -0.351 e. The summed E-state index contributed by atoms with van der Waals surface area (Å²) < 4.78 is 3.47. The Hall–Kier alpha value is -2.34. The molecule has 3 aromatic rings. The molecule has 120 valence electrons. The summed E-state index contributed by atoms with van der Waals surface area (Å²) >= 11 is 1.64. The fourth-order valence-electron chi connectivity index (χ4n) is 2.72. The third kappa shape index (κ3) is 2.94. The van der Waals surface area contributed by atoms with Gasteiger partial charge >= 0.3 is 5.69 Å². The molecule has 0 saturated carbocycles. The van der Waals surface area contributed by atoms with Crippen LogP contribution in [-0.2, 0) is 24.9 Å². The van der Waals surface area contributed by atoms with Crippen LogP contribution in [0, 0.1) is 6.92 Å². The van der Waals surface area contributed by atoms with Gasteiger partial charge in [0.05, 0.1) is 24.1 Å². The molecule has 0 aliphatic heterocycles. The van der Waals surface area contributed by atoms with E-state index < -0.39 is 0 Å². The maximum absolute atomic E-state index is 12.5. The van der Waals surface area contributed by atoms with Gasteiger partial charge in [-0.05, 0) is 30.7 Å². The summed E-state index contributed by atoms with van der Waals surface area (Å²) in [6, 6.07) is 9.90. The van der Waals surface area contributed by atoms with Crippen molar-refractivity contribution in [2.45, 2.75) is 26.9 Å². The molecule has 0 saturated heterocycles. The van der Waals surface area contributed by atoms with Crippen molar-refractivity contribution >= 4 is 28.3 Å². The number of benzene rings is 1. The molecule has 5 nitrogen and oxygen atoms in total. The lowest BCUT2D eigenvalue weighted by molar-refractivity contribution is -0.119. The summed E-state index contributed by atoms with van der Waals surface area (Å²) in [5, 5.41) is 2.82. The monoisotopic (exact) mass is 329 g/mol. The lowest BCUT2D eigenvalue weighted by Gasteiger charge is -2.01. The molecule has 2 aromatic heterocycles. The van der Waals surface area contributed by atoms with Crippen LogP contribution >= 0.6 is 11.3 Å². The van der Waals surface area contributed by atoms with Gasteiger partial charge < -0.3 is 5.32 Å². The number of aryl methyl sites for hydroxylation is 2. The van der Waals surface area contributed by atoms with E-state index in [-0.39, 0.29) is 11.6 Å². The minimum atomic E-state index is -0.0374. The highest BCUT2D eigenvalue weighted by molar-refractivity contribution is 7.12. The number of carbonyl (C=O) groups excluding carboxylic acids is 1. The molecule has 0 unspecified atom stereocenters. The number of para-hydroxylation sites is 2. The fourth-order valence-corrected chi connectivity index (χ4v) is 3.83. The van der Waals surface area contributed by atoms with Gasteiger partial charge in [0.1, 0.15) is 0 Å². The molecule has 1 N–H and O–H groups in total. The topological polar surface area (TPSA) is 56.0 Å². The molecule has 0 aliphatic carbocycles. The van der Waals surface area contributed by atoms with Crippen molar-refractivity contribution in [3.63, 3.8) is 0 Å². The Balaban J connectivity index is 1.94. The number of rotatable bonds is 4. The molecule has 2 heterocycles. The highest BCUT2D eigenvalue weighted by atomic mass is 32.1. The maximum Gasteiger partial charge on any atom is 0.329 e. The number of nitrogens with one attached hydrogen (secondary N) is 1. The van der Waals surface area contributed by atoms with Gasteiger partial charge in [0.15, 0.2) is 0 Å². The smallest absolute Gasteiger partial charge is 0.329 e. The Labute approximate surface area is 138 Å². The van der Waals surface area contributed by atoms with Crippen molar-refractivity contribution in [3.05, 3.63) is 56.1 Å². The zero-order chi connectivity index (χ0) is 16.6. The minimum absolute atomic E-state index is 0.0133. The van der Waals surface area contributed by atoms with Crippen LogP contribution < -0.4 is 11.0 Å². The number of thiophene rings is 1. The number of nitrogens with zero attached hydrogens (tertiary/aromatic N) is 2. The summed E-state index contributed by atoms with van der Waals surface area (Å²) in [5.41, 5.74) is 3.01. The van der Waals surface area contributed by atoms with Crippen LogP contribution in [0.1, 0.15) is 22.2 Å².